The molecule has 9 rings (SSSR count). The predicted molar refractivity (Wildman–Crippen MR) is 299 cm³/mol. The topological polar surface area (TPSA) is 176 Å². The van der Waals surface area contributed by atoms with Crippen LogP contribution in [-0.2, 0) is 28.9 Å². The molecule has 0 aliphatic carbocycles. The number of H-pyrrole nitrogens is 1. The van der Waals surface area contributed by atoms with Crippen LogP contribution >= 0.6 is 8.53 Å². The molecule has 1 fully saturated rings. The van der Waals surface area contributed by atoms with Gasteiger partial charge in [-0.25, -0.2) is 14.3 Å². The lowest BCUT2D eigenvalue weighted by Gasteiger charge is -2.39. The number of alkyl carbamates (subject to hydrolysis) is 1. The smallest absolute Gasteiger partial charge is 0.407 e. The van der Waals surface area contributed by atoms with Gasteiger partial charge in [0.2, 0.25) is 0 Å². The van der Waals surface area contributed by atoms with E-state index in [-0.39, 0.29) is 31.7 Å². The van der Waals surface area contributed by atoms with Crippen LogP contribution in [0.15, 0.2) is 155 Å². The number of carbonyl (C=O) groups is 1. The molecule has 0 radical (unpaired) electrons. The summed E-state index contributed by atoms with van der Waals surface area (Å²) in [6.45, 7) is 12.4. The number of carbonyl (C=O) groups excluding carboxylic acids is 1. The summed E-state index contributed by atoms with van der Waals surface area (Å²) in [5.74, 6) is 1.29. The van der Waals surface area contributed by atoms with Gasteiger partial charge >= 0.3 is 11.8 Å². The van der Waals surface area contributed by atoms with E-state index in [1.54, 1.807) is 14.2 Å². The van der Waals surface area contributed by atoms with Crippen molar-refractivity contribution in [1.29, 1.82) is 5.26 Å². The zero-order valence-corrected chi connectivity index (χ0v) is 45.9. The van der Waals surface area contributed by atoms with Gasteiger partial charge < -0.3 is 38.0 Å². The number of nitrogens with one attached hydrogen (secondary N) is 2. The summed E-state index contributed by atoms with van der Waals surface area (Å²) in [6.07, 6.45) is -3.99. The van der Waals surface area contributed by atoms with E-state index in [1.807, 2.05) is 107 Å². The Morgan fingerprint density at radius 3 is 1.96 bits per heavy atom. The van der Waals surface area contributed by atoms with Crippen molar-refractivity contribution in [3.05, 3.63) is 183 Å². The monoisotopic (exact) mass is 1060 g/mol. The molecule has 5 atom stereocenters. The minimum absolute atomic E-state index is 0.0521. The third-order valence-corrected chi connectivity index (χ3v) is 19.2. The van der Waals surface area contributed by atoms with Crippen molar-refractivity contribution in [2.75, 3.05) is 33.6 Å². The van der Waals surface area contributed by atoms with Crippen LogP contribution in [0.2, 0.25) is 13.1 Å². The average molecular weight is 1060 g/mol. The highest BCUT2D eigenvalue weighted by Crippen LogP contribution is 2.51. The summed E-state index contributed by atoms with van der Waals surface area (Å²) >= 11 is 0. The third kappa shape index (κ3) is 10.9. The van der Waals surface area contributed by atoms with Crippen LogP contribution in [0.4, 0.5) is 4.79 Å². The fourth-order valence-corrected chi connectivity index (χ4v) is 14.5. The number of hydrogen-bond donors (Lipinski definition) is 2. The van der Waals surface area contributed by atoms with Crippen molar-refractivity contribution < 1.29 is 37.5 Å². The zero-order valence-electron chi connectivity index (χ0n) is 44.0. The first kappa shape index (κ1) is 53.9. The molecule has 1 aliphatic heterocycles. The van der Waals surface area contributed by atoms with Gasteiger partial charge in [0.15, 0.2) is 12.3 Å². The number of nitriles is 1. The Labute approximate surface area is 444 Å². The van der Waals surface area contributed by atoms with Crippen LogP contribution in [0.1, 0.15) is 57.0 Å². The SMILES string of the molecule is COc1ccc(C(OC[C@H]2O[C@@H](n3ccc(=O)[nH]c3=O)[C@H](OC(=O)NC[Si](C)(C)c3ccc4ccc5cccc6ccc3c4c56)[C@@H]2OP(OCCC#N)N(C(C)C)C(C)C)(c2ccccc2)c2ccc(OC)cc2)cc1. The number of rotatable bonds is 21. The molecule has 2 N–H and O–H groups in total. The van der Waals surface area contributed by atoms with Crippen LogP contribution < -0.4 is 31.2 Å². The van der Waals surface area contributed by atoms with Crippen molar-refractivity contribution in [3.8, 4) is 17.6 Å². The molecule has 1 unspecified atom stereocenters. The van der Waals surface area contributed by atoms with Gasteiger partial charge in [-0.2, -0.15) is 5.26 Å². The summed E-state index contributed by atoms with van der Waals surface area (Å²) < 4.78 is 49.0. The van der Waals surface area contributed by atoms with Gasteiger partial charge in [0.1, 0.15) is 37.4 Å². The molecule has 1 amide bonds. The zero-order chi connectivity index (χ0) is 53.7. The summed E-state index contributed by atoms with van der Waals surface area (Å²) in [5, 5.41) is 21.0. The van der Waals surface area contributed by atoms with Gasteiger partial charge in [0.05, 0.1) is 39.9 Å². The van der Waals surface area contributed by atoms with Crippen molar-refractivity contribution in [3.63, 3.8) is 0 Å². The van der Waals surface area contributed by atoms with Gasteiger partial charge in [0, 0.05) is 30.5 Å². The molecule has 15 nitrogen and oxygen atoms in total. The standard InChI is InChI=1S/C59H64N5O10PSi/c1-38(2)64(39(3)4)75(71-35-13-33-60)74-54-49(36-70-59(43-16-10-9-11-17-43,44-22-26-46(68-5)27-23-44)45-24-28-47(69-6)29-25-45)72-56(63-34-32-51(65)62-57(63)66)55(54)73-58(67)61-37-76(7,8)50-31-21-42-19-18-40-14-12-15-41-20-30-48(50)53(42)52(40)41/h9-12,14-32,34,38-39,49,54-56H,13,35-37H2,1-8H3,(H,61,67)(H,62,65,66)/t49-,54-,55-,56-,75?/m1/s1. The van der Waals surface area contributed by atoms with E-state index in [4.69, 9.17) is 32.7 Å². The molecule has 1 saturated heterocycles. The number of methoxy groups -OCH3 is 2. The molecule has 7 aromatic carbocycles. The molecule has 1 aromatic heterocycles. The summed E-state index contributed by atoms with van der Waals surface area (Å²) in [5.41, 5.74) is -0.429. The molecule has 0 spiro atoms. The Balaban J connectivity index is 1.13. The summed E-state index contributed by atoms with van der Waals surface area (Å²) in [4.78, 5) is 43.6. The number of nitrogens with zero attached hydrogens (tertiary/aromatic N) is 3. The summed E-state index contributed by atoms with van der Waals surface area (Å²) in [6, 6.07) is 47.5. The lowest BCUT2D eigenvalue weighted by Crippen LogP contribution is -2.53. The molecule has 2 heterocycles. The van der Waals surface area contributed by atoms with Crippen LogP contribution in [0, 0.1) is 11.3 Å². The molecule has 1 aliphatic rings. The maximum Gasteiger partial charge on any atom is 0.407 e. The number of hydrogen-bond acceptors (Lipinski definition) is 12. The first-order valence-corrected chi connectivity index (χ1v) is 29.8. The fraction of sp³-hybridized carbons (Fsp3) is 0.322. The Morgan fingerprint density at radius 2 is 1.37 bits per heavy atom. The first-order valence-electron chi connectivity index (χ1n) is 25.5. The largest absolute Gasteiger partial charge is 0.497 e. The van der Waals surface area contributed by atoms with E-state index in [2.05, 4.69) is 88.7 Å². The van der Waals surface area contributed by atoms with Crippen LogP contribution in [-0.4, -0.2) is 92.4 Å². The van der Waals surface area contributed by atoms with Gasteiger partial charge in [-0.05, 0) is 101 Å². The Hall–Kier alpha value is -6.93. The molecule has 0 saturated carbocycles. The average Bonchev–Trinajstić information content (AvgIpc) is 3.86. The van der Waals surface area contributed by atoms with E-state index in [9.17, 15) is 19.6 Å². The molecule has 0 bridgehead atoms. The van der Waals surface area contributed by atoms with E-state index in [0.29, 0.717) is 17.7 Å². The number of benzene rings is 7. The molecular weight excluding hydrogens is 998 g/mol. The van der Waals surface area contributed by atoms with Gasteiger partial charge in [-0.15, -0.1) is 0 Å². The Bertz CT molecular complexity index is 3370. The van der Waals surface area contributed by atoms with Crippen molar-refractivity contribution >= 4 is 60.2 Å². The van der Waals surface area contributed by atoms with E-state index in [0.717, 1.165) is 27.5 Å². The quantitative estimate of drug-likeness (QED) is 0.0229. The van der Waals surface area contributed by atoms with E-state index in [1.165, 1.54) is 43.6 Å². The van der Waals surface area contributed by atoms with Crippen LogP contribution in [0.25, 0.3) is 32.3 Å². The Morgan fingerprint density at radius 1 is 0.776 bits per heavy atom. The molecule has 76 heavy (non-hydrogen) atoms. The van der Waals surface area contributed by atoms with Gasteiger partial charge in [0.25, 0.3) is 14.1 Å². The van der Waals surface area contributed by atoms with Crippen molar-refractivity contribution in [2.24, 2.45) is 0 Å². The number of aromatic amines is 1. The lowest BCUT2D eigenvalue weighted by molar-refractivity contribution is -0.0948. The first-order chi connectivity index (χ1) is 36.7. The highest BCUT2D eigenvalue weighted by Gasteiger charge is 2.53. The number of ether oxygens (including phenoxy) is 5. The fourth-order valence-electron chi connectivity index (χ4n) is 10.5. The van der Waals surface area contributed by atoms with Crippen molar-refractivity contribution in [1.82, 2.24) is 19.5 Å². The van der Waals surface area contributed by atoms with Crippen molar-refractivity contribution in [2.45, 2.75) is 89.4 Å². The highest BCUT2D eigenvalue weighted by molar-refractivity contribution is 7.44. The molecule has 8 aromatic rings. The second-order valence-corrected chi connectivity index (χ2v) is 26.2. The van der Waals surface area contributed by atoms with Gasteiger partial charge in [-0.3, -0.25) is 14.3 Å². The molecule has 17 heteroatoms. The number of amides is 1. The van der Waals surface area contributed by atoms with E-state index < -0.39 is 64.1 Å². The summed E-state index contributed by atoms with van der Waals surface area (Å²) in [7, 11) is -1.30. The van der Waals surface area contributed by atoms with E-state index >= 15 is 0 Å². The predicted octanol–water partition coefficient (Wildman–Crippen LogP) is 10.3. The number of aromatic nitrogens is 2. The minimum atomic E-state index is -2.50. The van der Waals surface area contributed by atoms with Gasteiger partial charge in [-0.1, -0.05) is 127 Å². The lowest BCUT2D eigenvalue weighted by atomic mass is 9.80. The highest BCUT2D eigenvalue weighted by atomic mass is 31.2. The van der Waals surface area contributed by atoms with Crippen LogP contribution in [0.3, 0.4) is 0 Å². The second-order valence-electron chi connectivity index (χ2n) is 20.1. The Kier molecular flexibility index (Phi) is 16.4. The second kappa shape index (κ2) is 23.1. The molecular formula is C59H64N5O10PSi. The third-order valence-electron chi connectivity index (χ3n) is 14.1. The normalized spacial score (nSPS) is 17.4. The van der Waals surface area contributed by atoms with Crippen LogP contribution in [0.5, 0.6) is 11.5 Å². The minimum Gasteiger partial charge on any atom is -0.497 e. The maximum atomic E-state index is 14.7. The molecule has 394 valence electrons. The maximum absolute atomic E-state index is 14.7.